The van der Waals surface area contributed by atoms with Crippen molar-refractivity contribution in [1.82, 2.24) is 0 Å². The third kappa shape index (κ3) is 2.80. The van der Waals surface area contributed by atoms with Gasteiger partial charge in [-0.25, -0.2) is 0 Å². The summed E-state index contributed by atoms with van der Waals surface area (Å²) in [6.45, 7) is 4.63. The lowest BCUT2D eigenvalue weighted by Crippen LogP contribution is -2.44. The summed E-state index contributed by atoms with van der Waals surface area (Å²) in [5, 5.41) is 11.0. The SMILES string of the molecule is CC1CC(C)CC(O)(C2CCCCCC2)C1. The van der Waals surface area contributed by atoms with E-state index in [9.17, 15) is 5.11 Å². The quantitative estimate of drug-likeness (QED) is 0.664. The first kappa shape index (κ1) is 12.4. The topological polar surface area (TPSA) is 20.2 Å². The summed E-state index contributed by atoms with van der Waals surface area (Å²) in [5.41, 5.74) is -0.318. The smallest absolute Gasteiger partial charge is 0.0680 e. The van der Waals surface area contributed by atoms with Crippen molar-refractivity contribution >= 4 is 0 Å². The van der Waals surface area contributed by atoms with Crippen molar-refractivity contribution in [3.63, 3.8) is 0 Å². The molecule has 94 valence electrons. The van der Waals surface area contributed by atoms with E-state index < -0.39 is 0 Å². The van der Waals surface area contributed by atoms with E-state index in [2.05, 4.69) is 13.8 Å². The molecule has 2 unspecified atom stereocenters. The molecule has 0 bridgehead atoms. The molecule has 0 aliphatic heterocycles. The molecule has 2 saturated carbocycles. The Morgan fingerprint density at radius 1 is 0.875 bits per heavy atom. The van der Waals surface area contributed by atoms with E-state index in [-0.39, 0.29) is 5.60 Å². The van der Waals surface area contributed by atoms with E-state index in [1.54, 1.807) is 0 Å². The van der Waals surface area contributed by atoms with Crippen LogP contribution in [-0.4, -0.2) is 10.7 Å². The van der Waals surface area contributed by atoms with E-state index in [1.807, 2.05) is 0 Å². The first-order valence-corrected chi connectivity index (χ1v) is 7.32. The molecule has 2 rings (SSSR count). The van der Waals surface area contributed by atoms with E-state index in [0.29, 0.717) is 5.92 Å². The van der Waals surface area contributed by atoms with Crippen molar-refractivity contribution in [2.24, 2.45) is 17.8 Å². The summed E-state index contributed by atoms with van der Waals surface area (Å²) in [6.07, 6.45) is 11.4. The largest absolute Gasteiger partial charge is 0.390 e. The van der Waals surface area contributed by atoms with Gasteiger partial charge in [-0.15, -0.1) is 0 Å². The van der Waals surface area contributed by atoms with Gasteiger partial charge in [-0.2, -0.15) is 0 Å². The van der Waals surface area contributed by atoms with Crippen LogP contribution in [0.3, 0.4) is 0 Å². The van der Waals surface area contributed by atoms with Crippen LogP contribution >= 0.6 is 0 Å². The second-order valence-corrected chi connectivity index (χ2v) is 6.65. The fraction of sp³-hybridized carbons (Fsp3) is 1.00. The Hall–Kier alpha value is -0.0400. The van der Waals surface area contributed by atoms with Gasteiger partial charge in [0.2, 0.25) is 0 Å². The zero-order valence-corrected chi connectivity index (χ0v) is 11.0. The Balaban J connectivity index is 2.03. The Morgan fingerprint density at radius 2 is 1.38 bits per heavy atom. The van der Waals surface area contributed by atoms with Crippen LogP contribution in [0, 0.1) is 17.8 Å². The lowest BCUT2D eigenvalue weighted by Gasteiger charge is -2.44. The van der Waals surface area contributed by atoms with Crippen LogP contribution in [0.5, 0.6) is 0 Å². The molecule has 0 amide bonds. The van der Waals surface area contributed by atoms with Gasteiger partial charge in [-0.3, -0.25) is 0 Å². The highest BCUT2D eigenvalue weighted by molar-refractivity contribution is 4.93. The molecule has 0 saturated heterocycles. The third-order valence-electron chi connectivity index (χ3n) is 4.82. The highest BCUT2D eigenvalue weighted by Crippen LogP contribution is 2.44. The normalized spacial score (nSPS) is 42.9. The van der Waals surface area contributed by atoms with E-state index in [1.165, 1.54) is 44.9 Å². The van der Waals surface area contributed by atoms with Gasteiger partial charge >= 0.3 is 0 Å². The zero-order valence-electron chi connectivity index (χ0n) is 11.0. The average Bonchev–Trinajstić information content (AvgIpc) is 2.43. The maximum absolute atomic E-state index is 11.0. The van der Waals surface area contributed by atoms with Crippen molar-refractivity contribution in [3.8, 4) is 0 Å². The number of hydrogen-bond acceptors (Lipinski definition) is 1. The Kier molecular flexibility index (Phi) is 3.94. The van der Waals surface area contributed by atoms with Crippen molar-refractivity contribution < 1.29 is 5.11 Å². The highest BCUT2D eigenvalue weighted by atomic mass is 16.3. The lowest BCUT2D eigenvalue weighted by molar-refractivity contribution is -0.0817. The van der Waals surface area contributed by atoms with Crippen molar-refractivity contribution in [2.75, 3.05) is 0 Å². The maximum Gasteiger partial charge on any atom is 0.0680 e. The molecule has 0 radical (unpaired) electrons. The Labute approximate surface area is 101 Å². The predicted molar refractivity (Wildman–Crippen MR) is 68.3 cm³/mol. The molecule has 1 nitrogen and oxygen atoms in total. The van der Waals surface area contributed by atoms with Gasteiger partial charge in [0.1, 0.15) is 0 Å². The molecule has 2 aliphatic rings. The minimum atomic E-state index is -0.318. The fourth-order valence-corrected chi connectivity index (χ4v) is 4.29. The number of aliphatic hydroxyl groups is 1. The van der Waals surface area contributed by atoms with E-state index in [4.69, 9.17) is 0 Å². The van der Waals surface area contributed by atoms with Crippen LogP contribution in [0.25, 0.3) is 0 Å². The molecule has 16 heavy (non-hydrogen) atoms. The maximum atomic E-state index is 11.0. The van der Waals surface area contributed by atoms with Crippen LogP contribution in [-0.2, 0) is 0 Å². The van der Waals surface area contributed by atoms with Gasteiger partial charge < -0.3 is 5.11 Å². The molecule has 0 aromatic rings. The summed E-state index contributed by atoms with van der Waals surface area (Å²) in [6, 6.07) is 0. The van der Waals surface area contributed by atoms with Gasteiger partial charge in [0.15, 0.2) is 0 Å². The molecular formula is C15H28O. The Bertz CT molecular complexity index is 205. The second-order valence-electron chi connectivity index (χ2n) is 6.65. The first-order chi connectivity index (χ1) is 7.60. The van der Waals surface area contributed by atoms with Gasteiger partial charge in [0, 0.05) is 0 Å². The van der Waals surface area contributed by atoms with E-state index in [0.717, 1.165) is 24.7 Å². The molecule has 2 fully saturated rings. The van der Waals surface area contributed by atoms with E-state index >= 15 is 0 Å². The average molecular weight is 224 g/mol. The van der Waals surface area contributed by atoms with Crippen LogP contribution in [0.15, 0.2) is 0 Å². The molecule has 0 heterocycles. The van der Waals surface area contributed by atoms with Crippen LogP contribution < -0.4 is 0 Å². The second kappa shape index (κ2) is 5.08. The molecule has 1 N–H and O–H groups in total. The summed E-state index contributed by atoms with van der Waals surface area (Å²) in [5.74, 6) is 2.04. The van der Waals surface area contributed by atoms with Gasteiger partial charge in [-0.05, 0) is 49.9 Å². The van der Waals surface area contributed by atoms with Crippen LogP contribution in [0.4, 0.5) is 0 Å². The Morgan fingerprint density at radius 3 is 1.88 bits per heavy atom. The number of rotatable bonds is 1. The van der Waals surface area contributed by atoms with Crippen molar-refractivity contribution in [2.45, 2.75) is 77.2 Å². The minimum absolute atomic E-state index is 0.318. The highest BCUT2D eigenvalue weighted by Gasteiger charge is 2.41. The van der Waals surface area contributed by atoms with Crippen LogP contribution in [0.2, 0.25) is 0 Å². The molecular weight excluding hydrogens is 196 g/mol. The molecule has 2 aliphatic carbocycles. The summed E-state index contributed by atoms with van der Waals surface area (Å²) < 4.78 is 0. The number of hydrogen-bond donors (Lipinski definition) is 1. The molecule has 0 aromatic heterocycles. The first-order valence-electron chi connectivity index (χ1n) is 7.32. The predicted octanol–water partition coefficient (Wildman–Crippen LogP) is 4.14. The van der Waals surface area contributed by atoms with Gasteiger partial charge in [0.25, 0.3) is 0 Å². The molecule has 0 spiro atoms. The summed E-state index contributed by atoms with van der Waals surface area (Å²) in [4.78, 5) is 0. The lowest BCUT2D eigenvalue weighted by atomic mass is 9.66. The zero-order chi connectivity index (χ0) is 11.6. The third-order valence-corrected chi connectivity index (χ3v) is 4.82. The fourth-order valence-electron chi connectivity index (χ4n) is 4.29. The van der Waals surface area contributed by atoms with Crippen LogP contribution in [0.1, 0.15) is 71.6 Å². The van der Waals surface area contributed by atoms with Crippen molar-refractivity contribution in [3.05, 3.63) is 0 Å². The van der Waals surface area contributed by atoms with Gasteiger partial charge in [0.05, 0.1) is 5.60 Å². The summed E-state index contributed by atoms with van der Waals surface area (Å²) >= 11 is 0. The standard InChI is InChI=1S/C15H28O/c1-12-9-13(2)11-15(16,10-12)14-7-5-3-4-6-8-14/h12-14,16H,3-11H2,1-2H3. The van der Waals surface area contributed by atoms with Crippen molar-refractivity contribution in [1.29, 1.82) is 0 Å². The summed E-state index contributed by atoms with van der Waals surface area (Å²) in [7, 11) is 0. The molecule has 2 atom stereocenters. The minimum Gasteiger partial charge on any atom is -0.390 e. The molecule has 1 heteroatoms. The monoisotopic (exact) mass is 224 g/mol. The molecule has 0 aromatic carbocycles. The van der Waals surface area contributed by atoms with Gasteiger partial charge in [-0.1, -0.05) is 39.5 Å².